The van der Waals surface area contributed by atoms with Crippen LogP contribution in [0.3, 0.4) is 0 Å². The number of ketones is 1. The first-order valence-electron chi connectivity index (χ1n) is 6.12. The van der Waals surface area contributed by atoms with Crippen LogP contribution in [0.2, 0.25) is 0 Å². The van der Waals surface area contributed by atoms with E-state index >= 15 is 0 Å². The third-order valence-corrected chi connectivity index (χ3v) is 2.92. The second-order valence-corrected chi connectivity index (χ2v) is 4.16. The van der Waals surface area contributed by atoms with E-state index in [1.807, 2.05) is 0 Å². The summed E-state index contributed by atoms with van der Waals surface area (Å²) in [5, 5.41) is 12.6. The highest BCUT2D eigenvalue weighted by Crippen LogP contribution is 2.21. The number of Topliss-reactive ketones (excluding diaryl/α,β-unsaturated/α-hetero) is 1. The lowest BCUT2D eigenvalue weighted by atomic mass is 10.0. The van der Waals surface area contributed by atoms with Crippen molar-refractivity contribution in [3.63, 3.8) is 0 Å². The largest absolute Gasteiger partial charge is 0.494 e. The van der Waals surface area contributed by atoms with Crippen molar-refractivity contribution < 1.29 is 14.7 Å². The molecule has 0 fully saturated rings. The normalized spacial score (nSPS) is 10.3. The van der Waals surface area contributed by atoms with Crippen molar-refractivity contribution in [3.05, 3.63) is 27.0 Å². The summed E-state index contributed by atoms with van der Waals surface area (Å²) in [6.07, 6.45) is 0. The maximum atomic E-state index is 12.1. The summed E-state index contributed by atoms with van der Waals surface area (Å²) in [4.78, 5) is 35.6. The number of carbonyl (C=O) groups excluding carboxylic acids is 2. The van der Waals surface area contributed by atoms with Crippen molar-refractivity contribution in [2.24, 2.45) is 0 Å². The SMILES string of the molecule is CCNC(=O)c1c(C)c(C(C)=O)c(=O)n(CC)c1O. The molecule has 0 saturated heterocycles. The highest BCUT2D eigenvalue weighted by atomic mass is 16.3. The van der Waals surface area contributed by atoms with Gasteiger partial charge in [0.25, 0.3) is 11.5 Å². The van der Waals surface area contributed by atoms with E-state index in [1.54, 1.807) is 13.8 Å². The van der Waals surface area contributed by atoms with Crippen molar-refractivity contribution in [2.45, 2.75) is 34.2 Å². The zero-order chi connectivity index (χ0) is 14.7. The number of amides is 1. The zero-order valence-corrected chi connectivity index (χ0v) is 11.5. The van der Waals surface area contributed by atoms with Crippen molar-refractivity contribution in [1.82, 2.24) is 9.88 Å². The maximum absolute atomic E-state index is 12.1. The molecule has 0 aliphatic carbocycles. The van der Waals surface area contributed by atoms with Gasteiger partial charge in [-0.25, -0.2) is 0 Å². The average Bonchev–Trinajstić information content (AvgIpc) is 2.28. The van der Waals surface area contributed by atoms with Crippen LogP contribution < -0.4 is 10.9 Å². The molecule has 1 aromatic rings. The Morgan fingerprint density at radius 1 is 1.26 bits per heavy atom. The van der Waals surface area contributed by atoms with Crippen LogP contribution in [0.25, 0.3) is 0 Å². The standard InChI is InChI=1S/C13H18N2O4/c1-5-14-11(17)10-7(3)9(8(4)16)12(18)15(6-2)13(10)19/h19H,5-6H2,1-4H3,(H,14,17). The Labute approximate surface area is 111 Å². The quantitative estimate of drug-likeness (QED) is 0.790. The van der Waals surface area contributed by atoms with Crippen LogP contribution in [0.5, 0.6) is 5.88 Å². The lowest BCUT2D eigenvalue weighted by Crippen LogP contribution is -2.32. The smallest absolute Gasteiger partial charge is 0.264 e. The van der Waals surface area contributed by atoms with Gasteiger partial charge in [-0.3, -0.25) is 19.0 Å². The Morgan fingerprint density at radius 2 is 1.84 bits per heavy atom. The van der Waals surface area contributed by atoms with E-state index < -0.39 is 23.1 Å². The predicted molar refractivity (Wildman–Crippen MR) is 70.8 cm³/mol. The molecule has 0 radical (unpaired) electrons. The third kappa shape index (κ3) is 2.52. The van der Waals surface area contributed by atoms with E-state index in [1.165, 1.54) is 13.8 Å². The molecular formula is C13H18N2O4. The van der Waals surface area contributed by atoms with Gasteiger partial charge >= 0.3 is 0 Å². The van der Waals surface area contributed by atoms with E-state index in [0.29, 0.717) is 6.54 Å². The van der Waals surface area contributed by atoms with Gasteiger partial charge in [0.05, 0.1) is 5.56 Å². The number of carbonyl (C=O) groups is 2. The average molecular weight is 266 g/mol. The van der Waals surface area contributed by atoms with Gasteiger partial charge in [-0.1, -0.05) is 0 Å². The Balaban J connectivity index is 3.73. The number of aromatic hydroxyl groups is 1. The fourth-order valence-corrected chi connectivity index (χ4v) is 2.05. The maximum Gasteiger partial charge on any atom is 0.264 e. The van der Waals surface area contributed by atoms with Gasteiger partial charge in [-0.05, 0) is 33.3 Å². The molecular weight excluding hydrogens is 248 g/mol. The molecule has 6 heteroatoms. The van der Waals surface area contributed by atoms with E-state index in [-0.39, 0.29) is 23.2 Å². The number of hydrogen-bond donors (Lipinski definition) is 2. The van der Waals surface area contributed by atoms with Gasteiger partial charge in [-0.15, -0.1) is 0 Å². The summed E-state index contributed by atoms with van der Waals surface area (Å²) in [7, 11) is 0. The molecule has 0 spiro atoms. The van der Waals surface area contributed by atoms with Crippen molar-refractivity contribution >= 4 is 11.7 Å². The second kappa shape index (κ2) is 5.69. The van der Waals surface area contributed by atoms with Gasteiger partial charge in [-0.2, -0.15) is 0 Å². The zero-order valence-electron chi connectivity index (χ0n) is 11.5. The Bertz CT molecular complexity index is 587. The van der Waals surface area contributed by atoms with Crippen molar-refractivity contribution in [3.8, 4) is 5.88 Å². The summed E-state index contributed by atoms with van der Waals surface area (Å²) in [6.45, 7) is 6.72. The van der Waals surface area contributed by atoms with E-state index in [0.717, 1.165) is 4.57 Å². The molecule has 1 amide bonds. The number of nitrogens with zero attached hydrogens (tertiary/aromatic N) is 1. The molecule has 0 bridgehead atoms. The lowest BCUT2D eigenvalue weighted by molar-refractivity contribution is 0.0950. The molecule has 0 saturated carbocycles. The third-order valence-electron chi connectivity index (χ3n) is 2.92. The molecule has 0 aliphatic rings. The topological polar surface area (TPSA) is 88.4 Å². The number of rotatable bonds is 4. The molecule has 1 aromatic heterocycles. The number of aromatic nitrogens is 1. The first-order valence-corrected chi connectivity index (χ1v) is 6.12. The molecule has 6 nitrogen and oxygen atoms in total. The van der Waals surface area contributed by atoms with Crippen LogP contribution in [-0.4, -0.2) is 27.9 Å². The van der Waals surface area contributed by atoms with Crippen LogP contribution in [0.4, 0.5) is 0 Å². The summed E-state index contributed by atoms with van der Waals surface area (Å²) in [5.74, 6) is -1.32. The highest BCUT2D eigenvalue weighted by Gasteiger charge is 2.24. The predicted octanol–water partition coefficient (Wildman–Crippen LogP) is 0.835. The van der Waals surface area contributed by atoms with Crippen LogP contribution in [0.1, 0.15) is 47.1 Å². The van der Waals surface area contributed by atoms with Crippen LogP contribution in [-0.2, 0) is 6.54 Å². The molecule has 1 heterocycles. The second-order valence-electron chi connectivity index (χ2n) is 4.16. The minimum absolute atomic E-state index is 0.0199. The van der Waals surface area contributed by atoms with Crippen molar-refractivity contribution in [2.75, 3.05) is 6.54 Å². The fourth-order valence-electron chi connectivity index (χ4n) is 2.05. The Morgan fingerprint density at radius 3 is 2.26 bits per heavy atom. The van der Waals surface area contributed by atoms with Gasteiger partial charge in [0.1, 0.15) is 5.56 Å². The van der Waals surface area contributed by atoms with E-state index in [4.69, 9.17) is 0 Å². The Hall–Kier alpha value is -2.11. The van der Waals surface area contributed by atoms with Crippen LogP contribution in [0.15, 0.2) is 4.79 Å². The Kier molecular flexibility index (Phi) is 4.47. The van der Waals surface area contributed by atoms with Gasteiger partial charge in [0.2, 0.25) is 5.88 Å². The van der Waals surface area contributed by atoms with Crippen LogP contribution in [0, 0.1) is 6.92 Å². The number of hydrogen-bond acceptors (Lipinski definition) is 4. The highest BCUT2D eigenvalue weighted by molar-refractivity contribution is 6.03. The van der Waals surface area contributed by atoms with E-state index in [2.05, 4.69) is 5.32 Å². The molecule has 19 heavy (non-hydrogen) atoms. The number of pyridine rings is 1. The fraction of sp³-hybridized carbons (Fsp3) is 0.462. The van der Waals surface area contributed by atoms with Gasteiger partial charge in [0.15, 0.2) is 5.78 Å². The van der Waals surface area contributed by atoms with Crippen molar-refractivity contribution in [1.29, 1.82) is 0 Å². The molecule has 104 valence electrons. The summed E-state index contributed by atoms with van der Waals surface area (Å²) >= 11 is 0. The molecule has 2 N–H and O–H groups in total. The minimum Gasteiger partial charge on any atom is -0.494 e. The minimum atomic E-state index is -0.571. The summed E-state index contributed by atoms with van der Waals surface area (Å²) in [5.41, 5.74) is -0.432. The monoisotopic (exact) mass is 266 g/mol. The molecule has 0 aliphatic heterocycles. The van der Waals surface area contributed by atoms with E-state index in [9.17, 15) is 19.5 Å². The molecule has 1 rings (SSSR count). The summed E-state index contributed by atoms with van der Waals surface area (Å²) < 4.78 is 1.02. The first-order chi connectivity index (χ1) is 8.86. The van der Waals surface area contributed by atoms with Gasteiger partial charge in [0, 0.05) is 13.1 Å². The molecule has 0 unspecified atom stereocenters. The summed E-state index contributed by atoms with van der Waals surface area (Å²) in [6, 6.07) is 0. The molecule has 0 aromatic carbocycles. The van der Waals surface area contributed by atoms with Crippen LogP contribution >= 0.6 is 0 Å². The number of nitrogens with one attached hydrogen (secondary N) is 1. The lowest BCUT2D eigenvalue weighted by Gasteiger charge is -2.15. The first kappa shape index (κ1) is 14.9. The van der Waals surface area contributed by atoms with Gasteiger partial charge < -0.3 is 10.4 Å². The molecule has 0 atom stereocenters.